The SMILES string of the molecule is CCCCCCCCCCCCCCCCCCNC(=O)OCC(CNC(=O)N(C(C)=O)C(C)[N+](C)(C)C)OC.[Cl-]. The van der Waals surface area contributed by atoms with Gasteiger partial charge in [0.15, 0.2) is 6.17 Å². The van der Waals surface area contributed by atoms with Gasteiger partial charge in [-0.1, -0.05) is 103 Å². The van der Waals surface area contributed by atoms with Crippen molar-refractivity contribution in [1.29, 1.82) is 0 Å². The van der Waals surface area contributed by atoms with Gasteiger partial charge in [-0.15, -0.1) is 0 Å². The van der Waals surface area contributed by atoms with E-state index in [0.717, 1.165) is 12.8 Å². The number of amides is 4. The Morgan fingerprint density at radius 1 is 0.756 bits per heavy atom. The summed E-state index contributed by atoms with van der Waals surface area (Å²) in [4.78, 5) is 37.9. The van der Waals surface area contributed by atoms with E-state index in [1.54, 1.807) is 0 Å². The first kappa shape index (κ1) is 41.6. The highest BCUT2D eigenvalue weighted by atomic mass is 35.5. The third kappa shape index (κ3) is 22.7. The minimum absolute atomic E-state index is 0. The van der Waals surface area contributed by atoms with Gasteiger partial charge in [0.05, 0.1) is 21.1 Å². The number of alkyl carbamates (subject to hydrolysis) is 1. The Balaban J connectivity index is 0. The maximum absolute atomic E-state index is 12.6. The second-order valence-corrected chi connectivity index (χ2v) is 12.0. The quantitative estimate of drug-likeness (QED) is 0.0994. The van der Waals surface area contributed by atoms with Gasteiger partial charge in [-0.25, -0.2) is 14.5 Å². The molecule has 0 saturated carbocycles. The Morgan fingerprint density at radius 3 is 1.59 bits per heavy atom. The first-order valence-corrected chi connectivity index (χ1v) is 15.9. The summed E-state index contributed by atoms with van der Waals surface area (Å²) < 4.78 is 11.0. The molecule has 0 bridgehead atoms. The lowest BCUT2D eigenvalue weighted by atomic mass is 10.0. The number of unbranched alkanes of at least 4 members (excludes halogenated alkanes) is 15. The number of rotatable bonds is 24. The molecule has 0 aromatic rings. The van der Waals surface area contributed by atoms with E-state index in [1.165, 1.54) is 109 Å². The predicted molar refractivity (Wildman–Crippen MR) is 163 cm³/mol. The van der Waals surface area contributed by atoms with Crippen LogP contribution >= 0.6 is 0 Å². The van der Waals surface area contributed by atoms with Gasteiger partial charge in [0, 0.05) is 34.0 Å². The highest BCUT2D eigenvalue weighted by Crippen LogP contribution is 2.14. The molecular weight excluding hydrogens is 544 g/mol. The van der Waals surface area contributed by atoms with Gasteiger partial charge in [0.25, 0.3) is 0 Å². The molecule has 0 fully saturated rings. The number of imide groups is 1. The third-order valence-corrected chi connectivity index (χ3v) is 7.57. The first-order valence-electron chi connectivity index (χ1n) is 15.9. The lowest BCUT2D eigenvalue weighted by Gasteiger charge is -2.37. The number of methoxy groups -OCH3 is 1. The van der Waals surface area contributed by atoms with Gasteiger partial charge < -0.3 is 37.0 Å². The topological polar surface area (TPSA) is 97.0 Å². The molecule has 0 spiro atoms. The molecule has 0 aliphatic carbocycles. The van der Waals surface area contributed by atoms with Gasteiger partial charge in [0.2, 0.25) is 5.91 Å². The van der Waals surface area contributed by atoms with Crippen LogP contribution in [0, 0.1) is 0 Å². The van der Waals surface area contributed by atoms with E-state index < -0.39 is 18.2 Å². The van der Waals surface area contributed by atoms with Crippen LogP contribution in [0.1, 0.15) is 124 Å². The van der Waals surface area contributed by atoms with Crippen LogP contribution in [0.5, 0.6) is 0 Å². The molecule has 0 saturated heterocycles. The number of urea groups is 1. The number of ether oxygens (including phenoxy) is 2. The molecule has 2 atom stereocenters. The van der Waals surface area contributed by atoms with Crippen LogP contribution in [-0.4, -0.2) is 87.6 Å². The van der Waals surface area contributed by atoms with Crippen LogP contribution in [0.3, 0.4) is 0 Å². The van der Waals surface area contributed by atoms with E-state index in [9.17, 15) is 14.4 Å². The minimum Gasteiger partial charge on any atom is -1.00 e. The lowest BCUT2D eigenvalue weighted by Crippen LogP contribution is -3.00. The average Bonchev–Trinajstić information content (AvgIpc) is 2.89. The number of quaternary nitrogens is 1. The van der Waals surface area contributed by atoms with E-state index in [2.05, 4.69) is 17.6 Å². The predicted octanol–water partition coefficient (Wildman–Crippen LogP) is 3.60. The average molecular weight is 607 g/mol. The summed E-state index contributed by atoms with van der Waals surface area (Å²) in [7, 11) is 7.24. The fourth-order valence-corrected chi connectivity index (χ4v) is 4.50. The summed E-state index contributed by atoms with van der Waals surface area (Å²) in [5.74, 6) is -0.336. The molecule has 0 aromatic carbocycles. The normalized spacial score (nSPS) is 12.7. The van der Waals surface area contributed by atoms with Gasteiger partial charge in [-0.2, -0.15) is 0 Å². The molecule has 4 amide bonds. The number of carbonyl (C=O) groups excluding carboxylic acids is 3. The van der Waals surface area contributed by atoms with Gasteiger partial charge in [0.1, 0.15) is 12.7 Å². The fourth-order valence-electron chi connectivity index (χ4n) is 4.50. The van der Waals surface area contributed by atoms with Crippen molar-refractivity contribution in [2.75, 3.05) is 47.9 Å². The zero-order valence-electron chi connectivity index (χ0n) is 27.4. The van der Waals surface area contributed by atoms with Crippen molar-refractivity contribution < 1.29 is 40.7 Å². The maximum Gasteiger partial charge on any atom is 0.407 e. The summed E-state index contributed by atoms with van der Waals surface area (Å²) in [5, 5.41) is 5.50. The van der Waals surface area contributed by atoms with Crippen molar-refractivity contribution in [3.05, 3.63) is 0 Å². The Morgan fingerprint density at radius 2 is 1.20 bits per heavy atom. The number of carbonyl (C=O) groups is 3. The number of nitrogens with zero attached hydrogens (tertiary/aromatic N) is 2. The standard InChI is InChI=1S/C31H62N4O5.ClH/c1-8-9-10-11-12-13-14-15-16-17-18-19-20-21-22-23-24-32-31(38)40-26-29(39-7)25-33-30(37)34(28(3)36)27(2)35(4,5)6;/h27,29H,8-26H2,1-7H3,(H-,32,33,37,38);1H. The third-order valence-electron chi connectivity index (χ3n) is 7.57. The van der Waals surface area contributed by atoms with E-state index in [-0.39, 0.29) is 37.6 Å². The van der Waals surface area contributed by atoms with Crippen LogP contribution in [0.4, 0.5) is 9.59 Å². The Hall–Kier alpha value is -1.58. The molecule has 0 aliphatic heterocycles. The molecule has 41 heavy (non-hydrogen) atoms. The summed E-state index contributed by atoms with van der Waals surface area (Å²) in [6.45, 7) is 6.17. The van der Waals surface area contributed by atoms with Crippen molar-refractivity contribution >= 4 is 18.0 Å². The molecule has 2 N–H and O–H groups in total. The van der Waals surface area contributed by atoms with Crippen LogP contribution in [-0.2, 0) is 14.3 Å². The number of hydrogen-bond acceptors (Lipinski definition) is 5. The first-order chi connectivity index (χ1) is 19.0. The number of hydrogen-bond donors (Lipinski definition) is 2. The van der Waals surface area contributed by atoms with Gasteiger partial charge in [-0.05, 0) is 6.42 Å². The summed E-state index contributed by atoms with van der Waals surface area (Å²) in [6.07, 6.45) is 19.7. The Labute approximate surface area is 257 Å². The molecule has 0 radical (unpaired) electrons. The van der Waals surface area contributed by atoms with Crippen molar-refractivity contribution in [3.8, 4) is 0 Å². The van der Waals surface area contributed by atoms with E-state index >= 15 is 0 Å². The summed E-state index contributed by atoms with van der Waals surface area (Å²) in [6, 6.07) is -0.497. The van der Waals surface area contributed by atoms with Crippen LogP contribution < -0.4 is 23.0 Å². The zero-order valence-corrected chi connectivity index (χ0v) is 28.2. The second kappa shape index (κ2) is 26.1. The van der Waals surface area contributed by atoms with Crippen LogP contribution in [0.2, 0.25) is 0 Å². The van der Waals surface area contributed by atoms with Crippen molar-refractivity contribution in [3.63, 3.8) is 0 Å². The molecular formula is C31H63ClN4O5. The Kier molecular flexibility index (Phi) is 26.4. The van der Waals surface area contributed by atoms with Gasteiger partial charge in [-0.3, -0.25) is 4.79 Å². The summed E-state index contributed by atoms with van der Waals surface area (Å²) >= 11 is 0. The van der Waals surface area contributed by atoms with Crippen molar-refractivity contribution in [2.24, 2.45) is 0 Å². The van der Waals surface area contributed by atoms with Crippen LogP contribution in [0.15, 0.2) is 0 Å². The minimum atomic E-state index is -0.515. The van der Waals surface area contributed by atoms with E-state index in [4.69, 9.17) is 9.47 Å². The number of halogens is 1. The molecule has 9 nitrogen and oxygen atoms in total. The van der Waals surface area contributed by atoms with E-state index in [0.29, 0.717) is 11.0 Å². The number of nitrogens with one attached hydrogen (secondary N) is 2. The Bertz CT molecular complexity index is 675. The fraction of sp³-hybridized carbons (Fsp3) is 0.903. The monoisotopic (exact) mass is 606 g/mol. The lowest BCUT2D eigenvalue weighted by molar-refractivity contribution is -0.902. The summed E-state index contributed by atoms with van der Waals surface area (Å²) in [5.41, 5.74) is 0. The second-order valence-electron chi connectivity index (χ2n) is 12.0. The van der Waals surface area contributed by atoms with Gasteiger partial charge >= 0.3 is 12.1 Å². The maximum atomic E-state index is 12.6. The van der Waals surface area contributed by atoms with Crippen LogP contribution in [0.25, 0.3) is 0 Å². The van der Waals surface area contributed by atoms with Crippen molar-refractivity contribution in [1.82, 2.24) is 15.5 Å². The zero-order chi connectivity index (χ0) is 30.2. The van der Waals surface area contributed by atoms with Crippen molar-refractivity contribution in [2.45, 2.75) is 136 Å². The van der Waals surface area contributed by atoms with E-state index in [1.807, 2.05) is 28.1 Å². The molecule has 0 rings (SSSR count). The molecule has 0 heterocycles. The molecule has 10 heteroatoms. The molecule has 0 aliphatic rings. The molecule has 0 aromatic heterocycles. The molecule has 2 unspecified atom stereocenters. The highest BCUT2D eigenvalue weighted by molar-refractivity contribution is 5.93. The smallest absolute Gasteiger partial charge is 0.407 e. The molecule has 244 valence electrons. The largest absolute Gasteiger partial charge is 1.00 e. The highest BCUT2D eigenvalue weighted by Gasteiger charge is 2.33.